The minimum Gasteiger partial charge on any atom is -0.490 e. The number of ether oxygens (including phenoxy) is 2. The van der Waals surface area contributed by atoms with E-state index in [0.29, 0.717) is 25.5 Å². The molecular weight excluding hydrogens is 242 g/mol. The maximum absolute atomic E-state index is 12.2. The van der Waals surface area contributed by atoms with Crippen LogP contribution in [-0.2, 0) is 0 Å². The molecule has 1 N–H and O–H groups in total. The number of nitrogens with one attached hydrogen (secondary N) is 1. The van der Waals surface area contributed by atoms with Gasteiger partial charge in [0, 0.05) is 12.0 Å². The third kappa shape index (κ3) is 3.07. The molecule has 0 saturated carbocycles. The Labute approximate surface area is 114 Å². The fourth-order valence-electron chi connectivity index (χ4n) is 2.20. The summed E-state index contributed by atoms with van der Waals surface area (Å²) in [5, 5.41) is 2.90. The Bertz CT molecular complexity index is 469. The van der Waals surface area contributed by atoms with Crippen molar-refractivity contribution in [1.29, 1.82) is 0 Å². The number of carbonyl (C=O) groups is 1. The molecular formula is C15H21NO3. The molecule has 19 heavy (non-hydrogen) atoms. The van der Waals surface area contributed by atoms with Crippen molar-refractivity contribution in [2.45, 2.75) is 26.2 Å². The van der Waals surface area contributed by atoms with Gasteiger partial charge in [-0.2, -0.15) is 0 Å². The predicted octanol–water partition coefficient (Wildman–Crippen LogP) is 2.37. The fraction of sp³-hybridized carbons (Fsp3) is 0.533. The van der Waals surface area contributed by atoms with Crippen LogP contribution in [0, 0.1) is 0 Å². The van der Waals surface area contributed by atoms with Gasteiger partial charge in [0.15, 0.2) is 17.3 Å². The molecule has 0 bridgehead atoms. The second kappa shape index (κ2) is 6.06. The lowest BCUT2D eigenvalue weighted by Crippen LogP contribution is -2.20. The first-order valence-electron chi connectivity index (χ1n) is 6.74. The van der Waals surface area contributed by atoms with E-state index in [1.54, 1.807) is 7.05 Å². The Balaban J connectivity index is 2.45. The normalized spacial score (nSPS) is 14.3. The standard InChI is InChI=1S/C15H21NO3/c1-10(2)11-7-14-15(19-6-4-5-18-14)8-12(11)13(17)9-16-3/h7-8,10,16H,4-6,9H2,1-3H3. The van der Waals surface area contributed by atoms with E-state index < -0.39 is 0 Å². The molecule has 0 fully saturated rings. The molecule has 2 rings (SSSR count). The average molecular weight is 263 g/mol. The smallest absolute Gasteiger partial charge is 0.177 e. The van der Waals surface area contributed by atoms with Crippen molar-refractivity contribution in [3.63, 3.8) is 0 Å². The van der Waals surface area contributed by atoms with E-state index in [9.17, 15) is 4.79 Å². The first-order chi connectivity index (χ1) is 9.13. The van der Waals surface area contributed by atoms with Crippen LogP contribution in [0.2, 0.25) is 0 Å². The number of hydrogen-bond donors (Lipinski definition) is 1. The summed E-state index contributed by atoms with van der Waals surface area (Å²) in [5.41, 5.74) is 1.75. The number of benzene rings is 1. The number of likely N-dealkylation sites (N-methyl/N-ethyl adjacent to an activating group) is 1. The zero-order valence-corrected chi connectivity index (χ0v) is 11.8. The monoisotopic (exact) mass is 263 g/mol. The third-order valence-corrected chi connectivity index (χ3v) is 3.18. The van der Waals surface area contributed by atoms with Crippen LogP contribution in [0.25, 0.3) is 0 Å². The van der Waals surface area contributed by atoms with E-state index in [1.807, 2.05) is 12.1 Å². The fourth-order valence-corrected chi connectivity index (χ4v) is 2.20. The molecule has 4 heteroatoms. The third-order valence-electron chi connectivity index (χ3n) is 3.18. The number of fused-ring (bicyclic) bond motifs is 1. The van der Waals surface area contributed by atoms with Crippen molar-refractivity contribution in [3.05, 3.63) is 23.3 Å². The molecule has 1 aromatic carbocycles. The Kier molecular flexibility index (Phi) is 4.43. The number of Topliss-reactive ketones (excluding diaryl/α,β-unsaturated/α-hetero) is 1. The number of hydrogen-bond acceptors (Lipinski definition) is 4. The highest BCUT2D eigenvalue weighted by molar-refractivity contribution is 5.99. The van der Waals surface area contributed by atoms with Gasteiger partial charge in [-0.15, -0.1) is 0 Å². The van der Waals surface area contributed by atoms with Crippen molar-refractivity contribution in [3.8, 4) is 11.5 Å². The molecule has 0 aromatic heterocycles. The highest BCUT2D eigenvalue weighted by Crippen LogP contribution is 2.35. The van der Waals surface area contributed by atoms with Crippen molar-refractivity contribution in [2.24, 2.45) is 0 Å². The average Bonchev–Trinajstić information content (AvgIpc) is 2.61. The molecule has 1 aliphatic rings. The lowest BCUT2D eigenvalue weighted by molar-refractivity contribution is 0.0992. The summed E-state index contributed by atoms with van der Waals surface area (Å²) >= 11 is 0. The molecule has 1 aliphatic heterocycles. The molecule has 0 radical (unpaired) electrons. The molecule has 0 unspecified atom stereocenters. The number of ketones is 1. The molecule has 0 aliphatic carbocycles. The first-order valence-corrected chi connectivity index (χ1v) is 6.74. The van der Waals surface area contributed by atoms with Crippen LogP contribution < -0.4 is 14.8 Å². The summed E-state index contributed by atoms with van der Waals surface area (Å²) in [7, 11) is 1.77. The summed E-state index contributed by atoms with van der Waals surface area (Å²) < 4.78 is 11.3. The van der Waals surface area contributed by atoms with E-state index in [4.69, 9.17) is 9.47 Å². The van der Waals surface area contributed by atoms with Crippen LogP contribution in [-0.4, -0.2) is 32.6 Å². The molecule has 0 spiro atoms. The van der Waals surface area contributed by atoms with Crippen LogP contribution in [0.5, 0.6) is 11.5 Å². The van der Waals surface area contributed by atoms with E-state index in [-0.39, 0.29) is 11.7 Å². The molecule has 4 nitrogen and oxygen atoms in total. The van der Waals surface area contributed by atoms with Crippen LogP contribution in [0.15, 0.2) is 12.1 Å². The Hall–Kier alpha value is -1.55. The van der Waals surface area contributed by atoms with E-state index in [1.165, 1.54) is 0 Å². The van der Waals surface area contributed by atoms with Gasteiger partial charge < -0.3 is 14.8 Å². The minimum absolute atomic E-state index is 0.0850. The molecule has 104 valence electrons. The van der Waals surface area contributed by atoms with Gasteiger partial charge in [-0.1, -0.05) is 13.8 Å². The second-order valence-corrected chi connectivity index (χ2v) is 5.04. The Morgan fingerprint density at radius 1 is 1.26 bits per heavy atom. The van der Waals surface area contributed by atoms with Gasteiger partial charge in [-0.05, 0) is 30.7 Å². The molecule has 0 atom stereocenters. The van der Waals surface area contributed by atoms with Crippen molar-refractivity contribution in [2.75, 3.05) is 26.8 Å². The summed E-state index contributed by atoms with van der Waals surface area (Å²) in [4.78, 5) is 12.2. The van der Waals surface area contributed by atoms with E-state index in [0.717, 1.165) is 23.3 Å². The van der Waals surface area contributed by atoms with Gasteiger partial charge in [0.2, 0.25) is 0 Å². The first kappa shape index (κ1) is 13.9. The van der Waals surface area contributed by atoms with Gasteiger partial charge in [0.1, 0.15) is 0 Å². The topological polar surface area (TPSA) is 47.6 Å². The lowest BCUT2D eigenvalue weighted by Gasteiger charge is -2.16. The summed E-state index contributed by atoms with van der Waals surface area (Å²) in [6, 6.07) is 3.78. The SMILES string of the molecule is CNCC(=O)c1cc2c(cc1C(C)C)OCCCO2. The summed E-state index contributed by atoms with van der Waals surface area (Å²) in [5.74, 6) is 1.79. The van der Waals surface area contributed by atoms with Crippen molar-refractivity contribution < 1.29 is 14.3 Å². The summed E-state index contributed by atoms with van der Waals surface area (Å²) in [6.45, 7) is 5.78. The predicted molar refractivity (Wildman–Crippen MR) is 74.4 cm³/mol. The second-order valence-electron chi connectivity index (χ2n) is 5.04. The minimum atomic E-state index is 0.0850. The lowest BCUT2D eigenvalue weighted by atomic mass is 9.94. The van der Waals surface area contributed by atoms with Gasteiger partial charge in [0.25, 0.3) is 0 Å². The van der Waals surface area contributed by atoms with Gasteiger partial charge in [0.05, 0.1) is 19.8 Å². The highest BCUT2D eigenvalue weighted by atomic mass is 16.5. The Morgan fingerprint density at radius 2 is 1.89 bits per heavy atom. The van der Waals surface area contributed by atoms with Crippen LogP contribution in [0.1, 0.15) is 42.1 Å². The molecule has 1 heterocycles. The van der Waals surface area contributed by atoms with Crippen LogP contribution >= 0.6 is 0 Å². The van der Waals surface area contributed by atoms with Crippen molar-refractivity contribution >= 4 is 5.78 Å². The number of carbonyl (C=O) groups excluding carboxylic acids is 1. The maximum atomic E-state index is 12.2. The largest absolute Gasteiger partial charge is 0.490 e. The van der Waals surface area contributed by atoms with E-state index in [2.05, 4.69) is 19.2 Å². The molecule has 1 aromatic rings. The van der Waals surface area contributed by atoms with Gasteiger partial charge >= 0.3 is 0 Å². The highest BCUT2D eigenvalue weighted by Gasteiger charge is 2.20. The summed E-state index contributed by atoms with van der Waals surface area (Å²) in [6.07, 6.45) is 0.867. The van der Waals surface area contributed by atoms with Crippen LogP contribution in [0.3, 0.4) is 0 Å². The van der Waals surface area contributed by atoms with Crippen LogP contribution in [0.4, 0.5) is 0 Å². The van der Waals surface area contributed by atoms with Gasteiger partial charge in [-0.25, -0.2) is 0 Å². The van der Waals surface area contributed by atoms with Gasteiger partial charge in [-0.3, -0.25) is 4.79 Å². The quantitative estimate of drug-likeness (QED) is 0.847. The van der Waals surface area contributed by atoms with E-state index >= 15 is 0 Å². The maximum Gasteiger partial charge on any atom is 0.177 e. The Morgan fingerprint density at radius 3 is 2.47 bits per heavy atom. The molecule has 0 amide bonds. The molecule has 0 saturated heterocycles. The zero-order valence-electron chi connectivity index (χ0n) is 11.8. The van der Waals surface area contributed by atoms with Crippen molar-refractivity contribution in [1.82, 2.24) is 5.32 Å². The number of rotatable bonds is 4. The zero-order chi connectivity index (χ0) is 13.8.